The molecule has 0 saturated heterocycles. The quantitative estimate of drug-likeness (QED) is 0.720. The Morgan fingerprint density at radius 1 is 1.04 bits per heavy atom. The molecule has 3 aromatic rings. The normalized spacial score (nSPS) is 10.8. The summed E-state index contributed by atoms with van der Waals surface area (Å²) in [6.45, 7) is 6.03. The molecule has 0 fully saturated rings. The van der Waals surface area contributed by atoms with Crippen molar-refractivity contribution >= 4 is 17.6 Å². The third kappa shape index (κ3) is 3.87. The molecule has 0 aliphatic carbocycles. The van der Waals surface area contributed by atoms with E-state index in [0.717, 1.165) is 5.69 Å². The number of amides is 1. The van der Waals surface area contributed by atoms with Gasteiger partial charge in [-0.2, -0.15) is 0 Å². The summed E-state index contributed by atoms with van der Waals surface area (Å²) < 4.78 is 1.62. The number of hydrogen-bond acceptors (Lipinski definition) is 4. The number of rotatable bonds is 5. The second-order valence-electron chi connectivity index (χ2n) is 6.52. The summed E-state index contributed by atoms with van der Waals surface area (Å²) in [4.78, 5) is 23.4. The number of carbonyl (C=O) groups is 2. The van der Waals surface area contributed by atoms with E-state index in [1.165, 1.54) is 29.8 Å². The lowest BCUT2D eigenvalue weighted by Crippen LogP contribution is -2.14. The Morgan fingerprint density at radius 3 is 2.22 bits per heavy atom. The fourth-order valence-electron chi connectivity index (χ4n) is 2.67. The first kappa shape index (κ1) is 18.3. The van der Waals surface area contributed by atoms with Crippen molar-refractivity contribution in [3.05, 3.63) is 71.0 Å². The van der Waals surface area contributed by atoms with E-state index >= 15 is 0 Å². The highest BCUT2D eigenvalue weighted by Gasteiger charge is 2.18. The van der Waals surface area contributed by atoms with E-state index in [1.807, 2.05) is 24.3 Å². The van der Waals surface area contributed by atoms with Crippen molar-refractivity contribution in [3.63, 3.8) is 0 Å². The van der Waals surface area contributed by atoms with Crippen LogP contribution in [0.2, 0.25) is 0 Å². The van der Waals surface area contributed by atoms with Gasteiger partial charge in [0.2, 0.25) is 0 Å². The molecule has 0 bridgehead atoms. The van der Waals surface area contributed by atoms with Crippen LogP contribution in [0.3, 0.4) is 0 Å². The van der Waals surface area contributed by atoms with Crippen LogP contribution in [0.4, 0.5) is 5.69 Å². The van der Waals surface area contributed by atoms with Crippen LogP contribution in [-0.4, -0.2) is 32.0 Å². The Bertz CT molecular complexity index is 973. The molecule has 0 atom stereocenters. The van der Waals surface area contributed by atoms with Crippen molar-refractivity contribution < 1.29 is 14.7 Å². The molecule has 1 aromatic heterocycles. The van der Waals surface area contributed by atoms with Crippen LogP contribution in [0, 0.1) is 6.92 Å². The molecule has 27 heavy (non-hydrogen) atoms. The van der Waals surface area contributed by atoms with E-state index in [9.17, 15) is 9.59 Å². The molecule has 0 unspecified atom stereocenters. The number of benzene rings is 2. The van der Waals surface area contributed by atoms with E-state index < -0.39 is 11.9 Å². The van der Waals surface area contributed by atoms with E-state index in [4.69, 9.17) is 5.11 Å². The number of aromatic nitrogens is 3. The van der Waals surface area contributed by atoms with E-state index in [0.29, 0.717) is 17.3 Å². The SMILES string of the molecule is Cc1c(C(=O)Nc2ccc(C(=O)O)cc2)nnn1-c1ccc(C(C)C)cc1. The van der Waals surface area contributed by atoms with Crippen LogP contribution in [0.5, 0.6) is 0 Å². The first-order valence-electron chi connectivity index (χ1n) is 8.54. The van der Waals surface area contributed by atoms with E-state index in [1.54, 1.807) is 11.6 Å². The Morgan fingerprint density at radius 2 is 1.67 bits per heavy atom. The molecule has 0 saturated carbocycles. The van der Waals surface area contributed by atoms with Crippen LogP contribution >= 0.6 is 0 Å². The van der Waals surface area contributed by atoms with Gasteiger partial charge >= 0.3 is 5.97 Å². The lowest BCUT2D eigenvalue weighted by Gasteiger charge is -2.08. The molecule has 0 aliphatic heterocycles. The van der Waals surface area contributed by atoms with Crippen molar-refractivity contribution in [2.45, 2.75) is 26.7 Å². The van der Waals surface area contributed by atoms with Gasteiger partial charge in [0.15, 0.2) is 5.69 Å². The van der Waals surface area contributed by atoms with Gasteiger partial charge in [-0.1, -0.05) is 31.2 Å². The van der Waals surface area contributed by atoms with Gasteiger partial charge in [-0.05, 0) is 54.8 Å². The fraction of sp³-hybridized carbons (Fsp3) is 0.200. The number of hydrogen-bond donors (Lipinski definition) is 2. The molecule has 2 aromatic carbocycles. The molecule has 0 aliphatic rings. The number of carbonyl (C=O) groups excluding carboxylic acids is 1. The second-order valence-corrected chi connectivity index (χ2v) is 6.52. The molecular formula is C20H20N4O3. The maximum atomic E-state index is 12.5. The number of aromatic carboxylic acids is 1. The summed E-state index contributed by atoms with van der Waals surface area (Å²) in [7, 11) is 0. The van der Waals surface area contributed by atoms with E-state index in [-0.39, 0.29) is 11.3 Å². The summed E-state index contributed by atoms with van der Waals surface area (Å²) >= 11 is 0. The van der Waals surface area contributed by atoms with Crippen molar-refractivity contribution in [2.75, 3.05) is 5.32 Å². The highest BCUT2D eigenvalue weighted by molar-refractivity contribution is 6.03. The van der Waals surface area contributed by atoms with E-state index in [2.05, 4.69) is 29.5 Å². The predicted octanol–water partition coefficient (Wildman–Crippen LogP) is 3.65. The maximum absolute atomic E-state index is 12.5. The summed E-state index contributed by atoms with van der Waals surface area (Å²) in [6.07, 6.45) is 0. The van der Waals surface area contributed by atoms with Crippen molar-refractivity contribution in [1.82, 2.24) is 15.0 Å². The average molecular weight is 364 g/mol. The van der Waals surface area contributed by atoms with Gasteiger partial charge < -0.3 is 10.4 Å². The Balaban J connectivity index is 1.79. The van der Waals surface area contributed by atoms with Gasteiger partial charge in [0, 0.05) is 5.69 Å². The van der Waals surface area contributed by atoms with Gasteiger partial charge in [0.25, 0.3) is 5.91 Å². The van der Waals surface area contributed by atoms with Crippen molar-refractivity contribution in [1.29, 1.82) is 0 Å². The highest BCUT2D eigenvalue weighted by Crippen LogP contribution is 2.19. The molecule has 1 amide bonds. The Labute approximate surface area is 156 Å². The van der Waals surface area contributed by atoms with Gasteiger partial charge in [-0.15, -0.1) is 5.10 Å². The average Bonchev–Trinajstić information content (AvgIpc) is 3.03. The first-order chi connectivity index (χ1) is 12.9. The van der Waals surface area contributed by atoms with Crippen LogP contribution in [0.15, 0.2) is 48.5 Å². The topological polar surface area (TPSA) is 97.1 Å². The smallest absolute Gasteiger partial charge is 0.335 e. The summed E-state index contributed by atoms with van der Waals surface area (Å²) in [6, 6.07) is 13.9. The molecule has 2 N–H and O–H groups in total. The van der Waals surface area contributed by atoms with Crippen molar-refractivity contribution in [3.8, 4) is 5.69 Å². The summed E-state index contributed by atoms with van der Waals surface area (Å²) in [5, 5.41) is 19.7. The van der Waals surface area contributed by atoms with Gasteiger partial charge in [-0.25, -0.2) is 9.48 Å². The zero-order chi connectivity index (χ0) is 19.6. The minimum atomic E-state index is -1.02. The third-order valence-electron chi connectivity index (χ3n) is 4.30. The largest absolute Gasteiger partial charge is 0.478 e. The zero-order valence-corrected chi connectivity index (χ0v) is 15.3. The van der Waals surface area contributed by atoms with Crippen LogP contribution in [0.1, 0.15) is 51.9 Å². The standard InChI is InChI=1S/C20H20N4O3/c1-12(2)14-6-10-17(11-7-14)24-13(3)18(22-23-24)19(25)21-16-8-4-15(5-9-16)20(26)27/h4-12H,1-3H3,(H,21,25)(H,26,27). The van der Waals surface area contributed by atoms with Crippen LogP contribution < -0.4 is 5.32 Å². The monoisotopic (exact) mass is 364 g/mol. The summed E-state index contributed by atoms with van der Waals surface area (Å²) in [5.74, 6) is -0.986. The minimum Gasteiger partial charge on any atom is -0.478 e. The summed E-state index contributed by atoms with van der Waals surface area (Å²) in [5.41, 5.74) is 3.52. The lowest BCUT2D eigenvalue weighted by atomic mass is 10.0. The zero-order valence-electron chi connectivity index (χ0n) is 15.3. The number of nitrogens with one attached hydrogen (secondary N) is 1. The highest BCUT2D eigenvalue weighted by atomic mass is 16.4. The van der Waals surface area contributed by atoms with Gasteiger partial charge in [0.1, 0.15) is 0 Å². The molecule has 0 radical (unpaired) electrons. The molecule has 1 heterocycles. The molecule has 7 nitrogen and oxygen atoms in total. The predicted molar refractivity (Wildman–Crippen MR) is 102 cm³/mol. The molecule has 7 heteroatoms. The fourth-order valence-corrected chi connectivity index (χ4v) is 2.67. The van der Waals surface area contributed by atoms with Crippen LogP contribution in [0.25, 0.3) is 5.69 Å². The molecule has 3 rings (SSSR count). The lowest BCUT2D eigenvalue weighted by molar-refractivity contribution is 0.0696. The molecule has 0 spiro atoms. The Hall–Kier alpha value is -3.48. The van der Waals surface area contributed by atoms with Gasteiger partial charge in [-0.3, -0.25) is 4.79 Å². The number of carboxylic acids is 1. The number of nitrogens with zero attached hydrogens (tertiary/aromatic N) is 3. The first-order valence-corrected chi connectivity index (χ1v) is 8.54. The maximum Gasteiger partial charge on any atom is 0.335 e. The number of carboxylic acid groups (broad SMARTS) is 1. The Kier molecular flexibility index (Phi) is 5.03. The second kappa shape index (κ2) is 7.41. The van der Waals surface area contributed by atoms with Crippen molar-refractivity contribution in [2.24, 2.45) is 0 Å². The minimum absolute atomic E-state index is 0.153. The van der Waals surface area contributed by atoms with Gasteiger partial charge in [0.05, 0.1) is 16.9 Å². The molecular weight excluding hydrogens is 344 g/mol. The third-order valence-corrected chi connectivity index (χ3v) is 4.30. The van der Waals surface area contributed by atoms with Crippen LogP contribution in [-0.2, 0) is 0 Å². The number of anilines is 1. The molecule has 138 valence electrons.